The number of benzene rings is 2. The number of halogens is 1. The van der Waals surface area contributed by atoms with Crippen LogP contribution in [0, 0.1) is 0 Å². The first-order valence-corrected chi connectivity index (χ1v) is 6.94. The normalized spacial score (nSPS) is 13.0. The van der Waals surface area contributed by atoms with E-state index in [4.69, 9.17) is 9.47 Å². The van der Waals surface area contributed by atoms with Crippen LogP contribution in [-0.4, -0.2) is 13.7 Å². The molecule has 0 aromatic heterocycles. The third-order valence-electron chi connectivity index (χ3n) is 3.63. The quantitative estimate of drug-likeness (QED) is 0.940. The van der Waals surface area contributed by atoms with E-state index in [1.165, 1.54) is 16.7 Å². The van der Waals surface area contributed by atoms with E-state index in [1.54, 1.807) is 7.11 Å². The summed E-state index contributed by atoms with van der Waals surface area (Å²) in [5.74, 6) is 1.72. The molecule has 0 spiro atoms. The molecule has 2 aromatic carbocycles. The Bertz CT molecular complexity index is 587. The van der Waals surface area contributed by atoms with Crippen molar-refractivity contribution < 1.29 is 9.47 Å². The standard InChI is InChI=1S/C17H19NO2.ClH/c1-19-16-8-7-14-11-18-10-9-15(14)17(16)20-12-13-5-3-2-4-6-13;/h2-8,18H,9-12H2,1H3;1H. The molecule has 0 aliphatic carbocycles. The molecule has 0 saturated heterocycles. The number of fused-ring (bicyclic) bond motifs is 1. The first kappa shape index (κ1) is 15.7. The topological polar surface area (TPSA) is 30.5 Å². The van der Waals surface area contributed by atoms with Crippen LogP contribution in [0.2, 0.25) is 0 Å². The molecule has 1 N–H and O–H groups in total. The minimum absolute atomic E-state index is 0. The maximum absolute atomic E-state index is 6.06. The Morgan fingerprint density at radius 2 is 1.90 bits per heavy atom. The van der Waals surface area contributed by atoms with Gasteiger partial charge in [0.2, 0.25) is 0 Å². The van der Waals surface area contributed by atoms with Crippen LogP contribution < -0.4 is 14.8 Å². The van der Waals surface area contributed by atoms with E-state index in [-0.39, 0.29) is 12.4 Å². The van der Waals surface area contributed by atoms with Crippen molar-refractivity contribution >= 4 is 12.4 Å². The van der Waals surface area contributed by atoms with Crippen LogP contribution in [0.1, 0.15) is 16.7 Å². The lowest BCUT2D eigenvalue weighted by Gasteiger charge is -2.22. The number of rotatable bonds is 4. The Balaban J connectivity index is 0.00000161. The molecule has 1 aliphatic rings. The number of nitrogens with one attached hydrogen (secondary N) is 1. The van der Waals surface area contributed by atoms with Gasteiger partial charge in [0.15, 0.2) is 11.5 Å². The molecule has 1 heterocycles. The van der Waals surface area contributed by atoms with Crippen molar-refractivity contribution in [2.24, 2.45) is 0 Å². The number of hydrogen-bond acceptors (Lipinski definition) is 3. The van der Waals surface area contributed by atoms with Gasteiger partial charge in [-0.1, -0.05) is 36.4 Å². The summed E-state index contributed by atoms with van der Waals surface area (Å²) in [5.41, 5.74) is 3.75. The fourth-order valence-corrected chi connectivity index (χ4v) is 2.57. The lowest BCUT2D eigenvalue weighted by atomic mass is 9.99. The lowest BCUT2D eigenvalue weighted by molar-refractivity contribution is 0.280. The van der Waals surface area contributed by atoms with Gasteiger partial charge in [0.25, 0.3) is 0 Å². The van der Waals surface area contributed by atoms with Gasteiger partial charge in [0, 0.05) is 12.1 Å². The molecule has 2 aromatic rings. The van der Waals surface area contributed by atoms with Crippen LogP contribution in [0.25, 0.3) is 0 Å². The van der Waals surface area contributed by atoms with Crippen LogP contribution in [0.5, 0.6) is 11.5 Å². The molecule has 3 rings (SSSR count). The molecule has 0 saturated carbocycles. The van der Waals surface area contributed by atoms with Crippen LogP contribution in [0.4, 0.5) is 0 Å². The summed E-state index contributed by atoms with van der Waals surface area (Å²) in [6, 6.07) is 14.3. The van der Waals surface area contributed by atoms with Gasteiger partial charge in [0.05, 0.1) is 7.11 Å². The van der Waals surface area contributed by atoms with Gasteiger partial charge in [-0.3, -0.25) is 0 Å². The molecule has 1 aliphatic heterocycles. The van der Waals surface area contributed by atoms with Crippen molar-refractivity contribution in [1.82, 2.24) is 5.32 Å². The minimum Gasteiger partial charge on any atom is -0.493 e. The molecule has 3 nitrogen and oxygen atoms in total. The summed E-state index contributed by atoms with van der Waals surface area (Å²) in [6.07, 6.45) is 0.983. The minimum atomic E-state index is 0. The number of hydrogen-bond donors (Lipinski definition) is 1. The van der Waals surface area contributed by atoms with Gasteiger partial charge < -0.3 is 14.8 Å². The van der Waals surface area contributed by atoms with Crippen molar-refractivity contribution in [3.8, 4) is 11.5 Å². The van der Waals surface area contributed by atoms with Gasteiger partial charge in [-0.15, -0.1) is 12.4 Å². The van der Waals surface area contributed by atoms with Gasteiger partial charge in [-0.2, -0.15) is 0 Å². The van der Waals surface area contributed by atoms with Crippen LogP contribution >= 0.6 is 12.4 Å². The monoisotopic (exact) mass is 305 g/mol. The summed E-state index contributed by atoms with van der Waals surface area (Å²) in [5, 5.41) is 3.38. The second-order valence-corrected chi connectivity index (χ2v) is 4.94. The largest absolute Gasteiger partial charge is 0.493 e. The predicted molar refractivity (Wildman–Crippen MR) is 86.4 cm³/mol. The summed E-state index contributed by atoms with van der Waals surface area (Å²) in [6.45, 7) is 2.46. The Morgan fingerprint density at radius 3 is 2.67 bits per heavy atom. The maximum Gasteiger partial charge on any atom is 0.165 e. The van der Waals surface area contributed by atoms with Crippen molar-refractivity contribution in [2.45, 2.75) is 19.6 Å². The molecule has 0 atom stereocenters. The SMILES string of the molecule is COc1ccc2c(c1OCc1ccccc1)CCNC2.Cl. The van der Waals surface area contributed by atoms with Crippen LogP contribution in [0.3, 0.4) is 0 Å². The fourth-order valence-electron chi connectivity index (χ4n) is 2.57. The summed E-state index contributed by atoms with van der Waals surface area (Å²) in [4.78, 5) is 0. The van der Waals surface area contributed by atoms with E-state index in [9.17, 15) is 0 Å². The molecule has 4 heteroatoms. The molecular weight excluding hydrogens is 286 g/mol. The molecule has 0 fully saturated rings. The second-order valence-electron chi connectivity index (χ2n) is 4.94. The van der Waals surface area contributed by atoms with E-state index in [2.05, 4.69) is 23.5 Å². The lowest BCUT2D eigenvalue weighted by Crippen LogP contribution is -2.24. The molecule has 0 radical (unpaired) electrons. The van der Waals surface area contributed by atoms with Crippen LogP contribution in [-0.2, 0) is 19.6 Å². The van der Waals surface area contributed by atoms with E-state index in [0.717, 1.165) is 31.0 Å². The molecule has 21 heavy (non-hydrogen) atoms. The Morgan fingerprint density at radius 1 is 1.10 bits per heavy atom. The first-order chi connectivity index (χ1) is 9.88. The van der Waals surface area contributed by atoms with E-state index >= 15 is 0 Å². The fraction of sp³-hybridized carbons (Fsp3) is 0.294. The molecule has 112 valence electrons. The average Bonchev–Trinajstić information content (AvgIpc) is 2.53. The van der Waals surface area contributed by atoms with Crippen LogP contribution in [0.15, 0.2) is 42.5 Å². The second kappa shape index (κ2) is 7.34. The maximum atomic E-state index is 6.06. The summed E-state index contributed by atoms with van der Waals surface area (Å²) in [7, 11) is 1.69. The Labute approximate surface area is 131 Å². The number of ether oxygens (including phenoxy) is 2. The highest BCUT2D eigenvalue weighted by Gasteiger charge is 2.18. The molecule has 0 unspecified atom stereocenters. The van der Waals surface area contributed by atoms with Gasteiger partial charge >= 0.3 is 0 Å². The molecule has 0 amide bonds. The smallest absolute Gasteiger partial charge is 0.165 e. The van der Waals surface area contributed by atoms with Gasteiger partial charge in [-0.25, -0.2) is 0 Å². The van der Waals surface area contributed by atoms with Crippen molar-refractivity contribution in [3.05, 3.63) is 59.2 Å². The zero-order valence-electron chi connectivity index (χ0n) is 12.1. The summed E-state index contributed by atoms with van der Waals surface area (Å²) >= 11 is 0. The average molecular weight is 306 g/mol. The molecule has 0 bridgehead atoms. The highest BCUT2D eigenvalue weighted by Crippen LogP contribution is 2.35. The third-order valence-corrected chi connectivity index (χ3v) is 3.63. The van der Waals surface area contributed by atoms with Crippen molar-refractivity contribution in [2.75, 3.05) is 13.7 Å². The zero-order chi connectivity index (χ0) is 13.8. The third kappa shape index (κ3) is 3.49. The summed E-state index contributed by atoms with van der Waals surface area (Å²) < 4.78 is 11.5. The van der Waals surface area contributed by atoms with Crippen molar-refractivity contribution in [1.29, 1.82) is 0 Å². The first-order valence-electron chi connectivity index (χ1n) is 6.94. The van der Waals surface area contributed by atoms with E-state index in [0.29, 0.717) is 6.61 Å². The Kier molecular flexibility index (Phi) is 5.48. The van der Waals surface area contributed by atoms with Gasteiger partial charge in [0.1, 0.15) is 6.61 Å². The van der Waals surface area contributed by atoms with Crippen molar-refractivity contribution in [3.63, 3.8) is 0 Å². The molecular formula is C17H20ClNO2. The highest BCUT2D eigenvalue weighted by molar-refractivity contribution is 5.85. The Hall–Kier alpha value is -1.71. The van der Waals surface area contributed by atoms with E-state index < -0.39 is 0 Å². The number of methoxy groups -OCH3 is 1. The predicted octanol–water partition coefficient (Wildman–Crippen LogP) is 3.34. The van der Waals surface area contributed by atoms with Gasteiger partial charge in [-0.05, 0) is 30.2 Å². The zero-order valence-corrected chi connectivity index (χ0v) is 12.9. The highest BCUT2D eigenvalue weighted by atomic mass is 35.5. The van der Waals surface area contributed by atoms with E-state index in [1.807, 2.05) is 24.3 Å².